The Morgan fingerprint density at radius 2 is 1.45 bits per heavy atom. The quantitative estimate of drug-likeness (QED) is 0.0837. The van der Waals surface area contributed by atoms with E-state index in [1.807, 2.05) is 24.5 Å². The number of rotatable bonds is 20. The average molecular weight is 678 g/mol. The zero-order valence-electron chi connectivity index (χ0n) is 26.4. The number of carbonyl (C=O) groups is 7. The lowest BCUT2D eigenvalue weighted by molar-refractivity contribution is -0.144. The average Bonchev–Trinajstić information content (AvgIpc) is 3.42. The van der Waals surface area contributed by atoms with Gasteiger partial charge in [0.2, 0.25) is 29.5 Å². The summed E-state index contributed by atoms with van der Waals surface area (Å²) in [6.07, 6.45) is 2.47. The van der Waals surface area contributed by atoms with Crippen LogP contribution in [-0.2, 0) is 40.0 Å². The lowest BCUT2D eigenvalue weighted by Gasteiger charge is -2.26. The minimum Gasteiger partial charge on any atom is -0.481 e. The van der Waals surface area contributed by atoms with Gasteiger partial charge in [0.1, 0.15) is 24.2 Å². The molecule has 0 unspecified atom stereocenters. The van der Waals surface area contributed by atoms with Crippen molar-refractivity contribution in [3.05, 3.63) is 36.0 Å². The van der Waals surface area contributed by atoms with E-state index in [0.717, 1.165) is 10.9 Å². The SMILES string of the molecule is CC[C@H](C)[C@H](NC(=O)[C@H](CC(N)=O)NC(=O)[C@H](CC(=O)O)NC(=O)[C@H](Cc1c[nH]c2ccccc12)NC(=O)[C@@H](N)CCSC)C(=O)O. The van der Waals surface area contributed by atoms with Crippen molar-refractivity contribution in [2.24, 2.45) is 17.4 Å². The van der Waals surface area contributed by atoms with Gasteiger partial charge < -0.3 is 47.9 Å². The number of hydrogen-bond acceptors (Lipinski definition) is 9. The van der Waals surface area contributed by atoms with Gasteiger partial charge in [0, 0.05) is 23.5 Å². The fourth-order valence-corrected chi connectivity index (χ4v) is 5.15. The molecule has 16 nitrogen and oxygen atoms in total. The molecule has 0 saturated carbocycles. The predicted octanol–water partition coefficient (Wildman–Crippen LogP) is -0.789. The van der Waals surface area contributed by atoms with Gasteiger partial charge in [0.05, 0.1) is 18.9 Å². The number of nitrogens with one attached hydrogen (secondary N) is 5. The number of primary amides is 1. The maximum absolute atomic E-state index is 13.6. The van der Waals surface area contributed by atoms with Crippen LogP contribution >= 0.6 is 11.8 Å². The Morgan fingerprint density at radius 1 is 0.872 bits per heavy atom. The third-order valence-corrected chi connectivity index (χ3v) is 8.17. The molecule has 1 aromatic carbocycles. The van der Waals surface area contributed by atoms with Crippen molar-refractivity contribution in [2.75, 3.05) is 12.0 Å². The van der Waals surface area contributed by atoms with Crippen LogP contribution in [0.2, 0.25) is 0 Å². The molecule has 0 aliphatic heterocycles. The van der Waals surface area contributed by atoms with Crippen molar-refractivity contribution in [1.29, 1.82) is 0 Å². The van der Waals surface area contributed by atoms with Crippen LogP contribution in [0.1, 0.15) is 45.1 Å². The monoisotopic (exact) mass is 677 g/mol. The number of aromatic nitrogens is 1. The summed E-state index contributed by atoms with van der Waals surface area (Å²) in [5.41, 5.74) is 12.7. The fourth-order valence-electron chi connectivity index (χ4n) is 4.66. The van der Waals surface area contributed by atoms with E-state index in [1.54, 1.807) is 26.1 Å². The van der Waals surface area contributed by atoms with Crippen LogP contribution in [0, 0.1) is 5.92 Å². The first-order valence-corrected chi connectivity index (χ1v) is 16.3. The molecule has 0 saturated heterocycles. The van der Waals surface area contributed by atoms with Gasteiger partial charge in [-0.25, -0.2) is 4.79 Å². The van der Waals surface area contributed by atoms with Crippen molar-refractivity contribution in [3.8, 4) is 0 Å². The van der Waals surface area contributed by atoms with E-state index in [1.165, 1.54) is 11.8 Å². The molecule has 258 valence electrons. The van der Waals surface area contributed by atoms with Gasteiger partial charge in [-0.1, -0.05) is 38.5 Å². The van der Waals surface area contributed by atoms with E-state index in [9.17, 15) is 43.8 Å². The maximum Gasteiger partial charge on any atom is 0.326 e. The summed E-state index contributed by atoms with van der Waals surface area (Å²) in [7, 11) is 0. The van der Waals surface area contributed by atoms with Crippen LogP contribution < -0.4 is 32.7 Å². The van der Waals surface area contributed by atoms with Crippen LogP contribution in [0.3, 0.4) is 0 Å². The molecule has 0 fully saturated rings. The molecule has 2 rings (SSSR count). The largest absolute Gasteiger partial charge is 0.481 e. The summed E-state index contributed by atoms with van der Waals surface area (Å²) in [4.78, 5) is 91.2. The fraction of sp³-hybridized carbons (Fsp3) is 0.500. The number of thioether (sulfide) groups is 1. The number of hydrogen-bond donors (Lipinski definition) is 9. The third kappa shape index (κ3) is 11.9. The lowest BCUT2D eigenvalue weighted by Crippen LogP contribution is -2.60. The van der Waals surface area contributed by atoms with E-state index in [-0.39, 0.29) is 6.42 Å². The van der Waals surface area contributed by atoms with E-state index < -0.39 is 90.4 Å². The number of carboxylic acids is 2. The zero-order chi connectivity index (χ0) is 35.3. The molecule has 0 bridgehead atoms. The van der Waals surface area contributed by atoms with Gasteiger partial charge in [-0.15, -0.1) is 0 Å². The molecular formula is C30H43N7O9S. The highest BCUT2D eigenvalue weighted by Gasteiger charge is 2.34. The van der Waals surface area contributed by atoms with Gasteiger partial charge in [0.15, 0.2) is 0 Å². The number of amides is 5. The zero-order valence-corrected chi connectivity index (χ0v) is 27.2. The summed E-state index contributed by atoms with van der Waals surface area (Å²) >= 11 is 1.48. The minimum atomic E-state index is -1.78. The van der Waals surface area contributed by atoms with Gasteiger partial charge in [0.25, 0.3) is 0 Å². The lowest BCUT2D eigenvalue weighted by atomic mass is 9.98. The third-order valence-electron chi connectivity index (χ3n) is 7.53. The maximum atomic E-state index is 13.6. The second-order valence-electron chi connectivity index (χ2n) is 11.1. The second-order valence-corrected chi connectivity index (χ2v) is 12.1. The number of aliphatic carboxylic acids is 2. The first kappa shape index (κ1) is 38.5. The van der Waals surface area contributed by atoms with E-state index in [4.69, 9.17) is 11.5 Å². The Morgan fingerprint density at radius 3 is 2.02 bits per heavy atom. The van der Waals surface area contributed by atoms with Crippen LogP contribution in [-0.4, -0.2) is 98.9 Å². The molecule has 2 aromatic rings. The molecule has 1 aromatic heterocycles. The van der Waals surface area contributed by atoms with Crippen molar-refractivity contribution in [1.82, 2.24) is 26.3 Å². The molecule has 11 N–H and O–H groups in total. The highest BCUT2D eigenvalue weighted by Crippen LogP contribution is 2.19. The first-order chi connectivity index (χ1) is 22.2. The Balaban J connectivity index is 2.35. The second kappa shape index (κ2) is 18.5. The number of aromatic amines is 1. The summed E-state index contributed by atoms with van der Waals surface area (Å²) < 4.78 is 0. The molecule has 5 amide bonds. The molecule has 0 aliphatic rings. The molecule has 47 heavy (non-hydrogen) atoms. The van der Waals surface area contributed by atoms with Gasteiger partial charge in [-0.2, -0.15) is 11.8 Å². The molecule has 0 aliphatic carbocycles. The number of nitrogens with two attached hydrogens (primary N) is 2. The summed E-state index contributed by atoms with van der Waals surface area (Å²) in [6, 6.07) is 0.160. The molecule has 6 atom stereocenters. The number of carboxylic acid groups (broad SMARTS) is 2. The van der Waals surface area contributed by atoms with Crippen LogP contribution in [0.4, 0.5) is 0 Å². The van der Waals surface area contributed by atoms with Gasteiger partial charge in [-0.05, 0) is 36.0 Å². The minimum absolute atomic E-state index is 0.0584. The Bertz CT molecular complexity index is 1450. The first-order valence-electron chi connectivity index (χ1n) is 14.9. The van der Waals surface area contributed by atoms with Gasteiger partial charge >= 0.3 is 11.9 Å². The van der Waals surface area contributed by atoms with Crippen molar-refractivity contribution in [2.45, 2.75) is 76.2 Å². The molecule has 17 heteroatoms. The van der Waals surface area contributed by atoms with Crippen molar-refractivity contribution < 1.29 is 43.8 Å². The normalized spacial score (nSPS) is 14.9. The Hall–Kier alpha value is -4.64. The van der Waals surface area contributed by atoms with E-state index >= 15 is 0 Å². The smallest absolute Gasteiger partial charge is 0.326 e. The van der Waals surface area contributed by atoms with E-state index in [2.05, 4.69) is 26.3 Å². The Kier molecular flexibility index (Phi) is 15.2. The van der Waals surface area contributed by atoms with Crippen LogP contribution in [0.25, 0.3) is 10.9 Å². The topological polar surface area (TPSA) is 276 Å². The van der Waals surface area contributed by atoms with Crippen molar-refractivity contribution >= 4 is 64.1 Å². The number of para-hydroxylation sites is 1. The molecule has 0 radical (unpaired) electrons. The number of H-pyrrole nitrogens is 1. The highest BCUT2D eigenvalue weighted by atomic mass is 32.2. The van der Waals surface area contributed by atoms with Crippen LogP contribution in [0.5, 0.6) is 0 Å². The van der Waals surface area contributed by atoms with Crippen LogP contribution in [0.15, 0.2) is 30.5 Å². The highest BCUT2D eigenvalue weighted by molar-refractivity contribution is 7.98. The number of carbonyl (C=O) groups excluding carboxylic acids is 5. The predicted molar refractivity (Wildman–Crippen MR) is 174 cm³/mol. The summed E-state index contributed by atoms with van der Waals surface area (Å²) in [5.74, 6) is -7.53. The van der Waals surface area contributed by atoms with Crippen molar-refractivity contribution in [3.63, 3.8) is 0 Å². The molecular weight excluding hydrogens is 634 g/mol. The molecule has 1 heterocycles. The number of fused-ring (bicyclic) bond motifs is 1. The molecule has 0 spiro atoms. The Labute approximate surface area is 275 Å². The van der Waals surface area contributed by atoms with Gasteiger partial charge in [-0.3, -0.25) is 28.8 Å². The van der Waals surface area contributed by atoms with E-state index in [0.29, 0.717) is 24.2 Å². The number of benzene rings is 1. The standard InChI is InChI=1S/C30H43N7O9S/c1-4-15(2)25(30(45)46)37-29(44)21(12-23(32)38)35-28(43)22(13-24(39)40)36-27(42)20(34-26(41)18(31)9-10-47-3)11-16-14-33-19-8-6-5-7-17(16)19/h5-8,14-15,18,20-22,25,33H,4,9-13,31H2,1-3H3,(H2,32,38)(H,34,41)(H,35,43)(H,36,42)(H,37,44)(H,39,40)(H,45,46)/t15-,18-,20-,21-,22-,25-/m0/s1. The summed E-state index contributed by atoms with van der Waals surface area (Å²) in [6.45, 7) is 3.29. The summed E-state index contributed by atoms with van der Waals surface area (Å²) in [5, 5.41) is 29.3.